The first-order valence-electron chi connectivity index (χ1n) is 8.71. The Hall–Kier alpha value is -2.04. The Morgan fingerprint density at radius 1 is 1.30 bits per heavy atom. The van der Waals surface area contributed by atoms with Crippen LogP contribution in [-0.2, 0) is 26.4 Å². The monoisotopic (exact) mass is 312 g/mol. The maximum atomic E-state index is 13.3. The van der Waals surface area contributed by atoms with Gasteiger partial charge in [-0.05, 0) is 44.2 Å². The Morgan fingerprint density at radius 3 is 2.96 bits per heavy atom. The third-order valence-electron chi connectivity index (χ3n) is 5.33. The fraction of sp³-hybridized carbons (Fsp3) is 0.556. The SMILES string of the molecule is CC[C@@H]1c2cccn2CCN1C(=O)c1c2c(nn1C)CCCC2. The van der Waals surface area contributed by atoms with Crippen LogP contribution in [0.3, 0.4) is 0 Å². The Bertz CT molecular complexity index is 742. The zero-order valence-electron chi connectivity index (χ0n) is 14.0. The van der Waals surface area contributed by atoms with Gasteiger partial charge in [-0.15, -0.1) is 0 Å². The van der Waals surface area contributed by atoms with Gasteiger partial charge < -0.3 is 9.47 Å². The van der Waals surface area contributed by atoms with E-state index >= 15 is 0 Å². The van der Waals surface area contributed by atoms with Gasteiger partial charge in [-0.1, -0.05) is 6.92 Å². The molecule has 4 rings (SSSR count). The van der Waals surface area contributed by atoms with E-state index in [1.165, 1.54) is 24.1 Å². The summed E-state index contributed by atoms with van der Waals surface area (Å²) in [6.45, 7) is 3.82. The van der Waals surface area contributed by atoms with Crippen LogP contribution in [0, 0.1) is 0 Å². The average molecular weight is 312 g/mol. The molecule has 0 radical (unpaired) electrons. The highest BCUT2D eigenvalue weighted by Gasteiger charge is 2.34. The lowest BCUT2D eigenvalue weighted by Crippen LogP contribution is -2.42. The normalized spacial score (nSPS) is 20.3. The van der Waals surface area contributed by atoms with E-state index in [2.05, 4.69) is 39.8 Å². The van der Waals surface area contributed by atoms with Crippen molar-refractivity contribution in [3.63, 3.8) is 0 Å². The Kier molecular flexibility index (Phi) is 3.51. The molecule has 122 valence electrons. The Morgan fingerprint density at radius 2 is 2.13 bits per heavy atom. The zero-order valence-corrected chi connectivity index (χ0v) is 14.0. The molecule has 1 aliphatic heterocycles. The van der Waals surface area contributed by atoms with Gasteiger partial charge in [0.05, 0.1) is 11.7 Å². The van der Waals surface area contributed by atoms with Crippen molar-refractivity contribution in [3.8, 4) is 0 Å². The fourth-order valence-electron chi connectivity index (χ4n) is 4.22. The molecule has 0 fully saturated rings. The molecule has 0 aromatic carbocycles. The molecule has 1 aliphatic carbocycles. The van der Waals surface area contributed by atoms with Crippen molar-refractivity contribution < 1.29 is 4.79 Å². The van der Waals surface area contributed by atoms with E-state index in [0.717, 1.165) is 43.7 Å². The molecule has 0 bridgehead atoms. The van der Waals surface area contributed by atoms with Gasteiger partial charge in [-0.2, -0.15) is 5.10 Å². The summed E-state index contributed by atoms with van der Waals surface area (Å²) < 4.78 is 4.09. The van der Waals surface area contributed by atoms with E-state index in [9.17, 15) is 4.79 Å². The van der Waals surface area contributed by atoms with Crippen LogP contribution in [0.1, 0.15) is 59.7 Å². The number of fused-ring (bicyclic) bond motifs is 2. The molecule has 2 aromatic heterocycles. The van der Waals surface area contributed by atoms with Crippen LogP contribution < -0.4 is 0 Å². The third kappa shape index (κ3) is 2.21. The van der Waals surface area contributed by atoms with E-state index in [0.29, 0.717) is 0 Å². The van der Waals surface area contributed by atoms with Crippen LogP contribution >= 0.6 is 0 Å². The number of hydrogen-bond acceptors (Lipinski definition) is 2. The van der Waals surface area contributed by atoms with E-state index < -0.39 is 0 Å². The second-order valence-electron chi connectivity index (χ2n) is 6.65. The maximum Gasteiger partial charge on any atom is 0.273 e. The summed E-state index contributed by atoms with van der Waals surface area (Å²) in [5.74, 6) is 0.155. The van der Waals surface area contributed by atoms with E-state index in [-0.39, 0.29) is 11.9 Å². The van der Waals surface area contributed by atoms with Crippen molar-refractivity contribution in [1.29, 1.82) is 0 Å². The fourth-order valence-corrected chi connectivity index (χ4v) is 4.22. The van der Waals surface area contributed by atoms with Crippen LogP contribution in [0.2, 0.25) is 0 Å². The van der Waals surface area contributed by atoms with Gasteiger partial charge in [0, 0.05) is 37.6 Å². The maximum absolute atomic E-state index is 13.3. The average Bonchev–Trinajstić information content (AvgIpc) is 3.16. The second kappa shape index (κ2) is 5.55. The van der Waals surface area contributed by atoms with E-state index in [1.807, 2.05) is 11.7 Å². The first-order chi connectivity index (χ1) is 11.2. The molecular weight excluding hydrogens is 288 g/mol. The number of carbonyl (C=O) groups excluding carboxylic acids is 1. The lowest BCUT2D eigenvalue weighted by Gasteiger charge is -2.36. The van der Waals surface area contributed by atoms with E-state index in [1.54, 1.807) is 0 Å². The number of aryl methyl sites for hydroxylation is 2. The van der Waals surface area contributed by atoms with Crippen LogP contribution in [0.4, 0.5) is 0 Å². The number of hydrogen-bond donors (Lipinski definition) is 0. The van der Waals surface area contributed by atoms with Crippen molar-refractivity contribution in [2.45, 2.75) is 51.6 Å². The molecule has 5 nitrogen and oxygen atoms in total. The van der Waals surface area contributed by atoms with Crippen LogP contribution in [-0.4, -0.2) is 31.7 Å². The zero-order chi connectivity index (χ0) is 16.0. The first kappa shape index (κ1) is 14.5. The minimum absolute atomic E-state index is 0.155. The molecule has 2 aromatic rings. The standard InChI is InChI=1S/C18H24N4O/c1-3-15-16-9-6-10-21(16)11-12-22(15)18(23)17-13-7-4-5-8-14(13)19-20(17)2/h6,9-10,15H,3-5,7-8,11-12H2,1-2H3/t15-/m1/s1. The highest BCUT2D eigenvalue weighted by Crippen LogP contribution is 2.32. The van der Waals surface area contributed by atoms with Gasteiger partial charge in [-0.25, -0.2) is 0 Å². The summed E-state index contributed by atoms with van der Waals surface area (Å²) in [4.78, 5) is 15.4. The molecule has 0 saturated heterocycles. The van der Waals surface area contributed by atoms with Gasteiger partial charge in [-0.3, -0.25) is 9.48 Å². The lowest BCUT2D eigenvalue weighted by molar-refractivity contribution is 0.0605. The third-order valence-corrected chi connectivity index (χ3v) is 5.33. The van der Waals surface area contributed by atoms with Crippen molar-refractivity contribution in [2.75, 3.05) is 6.54 Å². The minimum Gasteiger partial charge on any atom is -0.348 e. The summed E-state index contributed by atoms with van der Waals surface area (Å²) in [6, 6.07) is 4.39. The molecule has 0 spiro atoms. The predicted octanol–water partition coefficient (Wildman–Crippen LogP) is 2.71. The summed E-state index contributed by atoms with van der Waals surface area (Å²) >= 11 is 0. The smallest absolute Gasteiger partial charge is 0.273 e. The first-order valence-corrected chi connectivity index (χ1v) is 8.71. The van der Waals surface area contributed by atoms with Crippen molar-refractivity contribution in [1.82, 2.24) is 19.2 Å². The van der Waals surface area contributed by atoms with Gasteiger partial charge in [0.25, 0.3) is 5.91 Å². The second-order valence-corrected chi connectivity index (χ2v) is 6.65. The van der Waals surface area contributed by atoms with Gasteiger partial charge in [0.15, 0.2) is 0 Å². The molecule has 3 heterocycles. The molecule has 0 unspecified atom stereocenters. The summed E-state index contributed by atoms with van der Waals surface area (Å²) in [5, 5.41) is 4.62. The molecule has 1 atom stereocenters. The highest BCUT2D eigenvalue weighted by molar-refractivity contribution is 5.94. The highest BCUT2D eigenvalue weighted by atomic mass is 16.2. The molecular formula is C18H24N4O. The van der Waals surface area contributed by atoms with Crippen LogP contribution in [0.25, 0.3) is 0 Å². The van der Waals surface area contributed by atoms with Crippen LogP contribution in [0.5, 0.6) is 0 Å². The largest absolute Gasteiger partial charge is 0.348 e. The van der Waals surface area contributed by atoms with Crippen molar-refractivity contribution in [2.24, 2.45) is 7.05 Å². The molecule has 0 saturated carbocycles. The minimum atomic E-state index is 0.155. The quantitative estimate of drug-likeness (QED) is 0.856. The number of aromatic nitrogens is 3. The summed E-state index contributed by atoms with van der Waals surface area (Å²) in [7, 11) is 1.92. The molecule has 5 heteroatoms. The topological polar surface area (TPSA) is 43.1 Å². The van der Waals surface area contributed by atoms with Crippen LogP contribution in [0.15, 0.2) is 18.3 Å². The van der Waals surface area contributed by atoms with E-state index in [4.69, 9.17) is 0 Å². The Labute approximate surface area is 136 Å². The Balaban J connectivity index is 1.71. The lowest BCUT2D eigenvalue weighted by atomic mass is 9.95. The molecule has 23 heavy (non-hydrogen) atoms. The molecule has 2 aliphatic rings. The number of nitrogens with zero attached hydrogens (tertiary/aromatic N) is 4. The van der Waals surface area contributed by atoms with Gasteiger partial charge in [0.2, 0.25) is 0 Å². The molecule has 1 amide bonds. The van der Waals surface area contributed by atoms with Crippen molar-refractivity contribution in [3.05, 3.63) is 41.0 Å². The van der Waals surface area contributed by atoms with Crippen molar-refractivity contribution >= 4 is 5.91 Å². The summed E-state index contributed by atoms with van der Waals surface area (Å²) in [6.07, 6.45) is 7.41. The van der Waals surface area contributed by atoms with Gasteiger partial charge in [0.1, 0.15) is 5.69 Å². The predicted molar refractivity (Wildman–Crippen MR) is 88.4 cm³/mol. The van der Waals surface area contributed by atoms with Gasteiger partial charge >= 0.3 is 0 Å². The number of rotatable bonds is 2. The molecule has 0 N–H and O–H groups in total. The number of carbonyl (C=O) groups is 1. The summed E-state index contributed by atoms with van der Waals surface area (Å²) in [5.41, 5.74) is 4.40. The number of amides is 1.